The maximum absolute atomic E-state index is 5.23. The van der Waals surface area contributed by atoms with Crippen LogP contribution in [0.25, 0.3) is 6.08 Å². The summed E-state index contributed by atoms with van der Waals surface area (Å²) in [6.07, 6.45) is 7.89. The number of hydrogen-bond acceptors (Lipinski definition) is 2. The molecule has 1 aromatic rings. The van der Waals surface area contributed by atoms with Gasteiger partial charge in [0.25, 0.3) is 0 Å². The molecule has 3 rings (SSSR count). The second-order valence-corrected chi connectivity index (χ2v) is 3.62. The first-order valence-electron chi connectivity index (χ1n) is 4.92. The van der Waals surface area contributed by atoms with Gasteiger partial charge in [-0.2, -0.15) is 0 Å². The van der Waals surface area contributed by atoms with Crippen LogP contribution in [0.5, 0.6) is 11.5 Å². The zero-order chi connectivity index (χ0) is 9.38. The summed E-state index contributed by atoms with van der Waals surface area (Å²) in [6, 6.07) is 4.14. The first-order valence-corrected chi connectivity index (χ1v) is 4.92. The summed E-state index contributed by atoms with van der Waals surface area (Å²) in [5.41, 5.74) is 2.62. The van der Waals surface area contributed by atoms with Gasteiger partial charge in [0.1, 0.15) is 0 Å². The van der Waals surface area contributed by atoms with Crippen molar-refractivity contribution in [3.63, 3.8) is 0 Å². The summed E-state index contributed by atoms with van der Waals surface area (Å²) in [5.74, 6) is 1.68. The summed E-state index contributed by atoms with van der Waals surface area (Å²) in [5, 5.41) is 0. The SMILES string of the molecule is [CH]1Oc2cc3c(cc2O1)CCCC=C3. The number of ether oxygens (including phenoxy) is 2. The summed E-state index contributed by atoms with van der Waals surface area (Å²) in [6.45, 7) is 1.38. The van der Waals surface area contributed by atoms with Gasteiger partial charge in [-0.05, 0) is 42.5 Å². The van der Waals surface area contributed by atoms with Crippen molar-refractivity contribution in [3.8, 4) is 11.5 Å². The molecule has 0 saturated carbocycles. The minimum absolute atomic E-state index is 0.829. The molecule has 0 amide bonds. The van der Waals surface area contributed by atoms with Crippen molar-refractivity contribution >= 4 is 6.08 Å². The van der Waals surface area contributed by atoms with E-state index in [1.165, 1.54) is 24.3 Å². The Morgan fingerprint density at radius 1 is 1.07 bits per heavy atom. The third kappa shape index (κ3) is 1.18. The molecule has 0 unspecified atom stereocenters. The number of aryl methyl sites for hydroxylation is 1. The number of fused-ring (bicyclic) bond motifs is 2. The number of rotatable bonds is 0. The minimum atomic E-state index is 0.829. The molecule has 1 heterocycles. The van der Waals surface area contributed by atoms with Crippen molar-refractivity contribution in [3.05, 3.63) is 36.1 Å². The molecule has 2 aliphatic rings. The third-order valence-corrected chi connectivity index (χ3v) is 2.67. The number of benzene rings is 1. The van der Waals surface area contributed by atoms with E-state index < -0.39 is 0 Å². The average Bonchev–Trinajstić information content (AvgIpc) is 2.51. The van der Waals surface area contributed by atoms with Crippen LogP contribution in [0.1, 0.15) is 24.0 Å². The van der Waals surface area contributed by atoms with Gasteiger partial charge in [0.15, 0.2) is 11.5 Å². The fourth-order valence-electron chi connectivity index (χ4n) is 1.92. The quantitative estimate of drug-likeness (QED) is 0.621. The summed E-state index contributed by atoms with van der Waals surface area (Å²) in [4.78, 5) is 0. The molecule has 0 atom stereocenters. The van der Waals surface area contributed by atoms with E-state index in [0.717, 1.165) is 24.3 Å². The van der Waals surface area contributed by atoms with Gasteiger partial charge < -0.3 is 9.47 Å². The molecule has 0 bridgehead atoms. The Kier molecular flexibility index (Phi) is 1.72. The zero-order valence-electron chi connectivity index (χ0n) is 7.82. The van der Waals surface area contributed by atoms with Crippen LogP contribution < -0.4 is 9.47 Å². The second-order valence-electron chi connectivity index (χ2n) is 3.62. The molecular formula is C12H11O2. The predicted octanol–water partition coefficient (Wildman–Crippen LogP) is 2.93. The topological polar surface area (TPSA) is 18.5 Å². The van der Waals surface area contributed by atoms with Crippen LogP contribution in [0.4, 0.5) is 0 Å². The van der Waals surface area contributed by atoms with E-state index in [1.54, 1.807) is 0 Å². The molecule has 0 saturated heterocycles. The van der Waals surface area contributed by atoms with Crippen molar-refractivity contribution in [1.29, 1.82) is 0 Å². The van der Waals surface area contributed by atoms with E-state index in [0.29, 0.717) is 0 Å². The average molecular weight is 187 g/mol. The predicted molar refractivity (Wildman–Crippen MR) is 54.0 cm³/mol. The number of allylic oxidation sites excluding steroid dienone is 1. The Balaban J connectivity index is 2.13. The van der Waals surface area contributed by atoms with Crippen LogP contribution in [0.2, 0.25) is 0 Å². The highest BCUT2D eigenvalue weighted by Gasteiger charge is 2.17. The molecule has 1 aliphatic carbocycles. The van der Waals surface area contributed by atoms with E-state index >= 15 is 0 Å². The lowest BCUT2D eigenvalue weighted by molar-refractivity contribution is 0.270. The van der Waals surface area contributed by atoms with Crippen molar-refractivity contribution in [2.75, 3.05) is 0 Å². The van der Waals surface area contributed by atoms with E-state index in [2.05, 4.69) is 24.3 Å². The lowest BCUT2D eigenvalue weighted by Crippen LogP contribution is -1.87. The van der Waals surface area contributed by atoms with Gasteiger partial charge in [0.05, 0.1) is 0 Å². The summed E-state index contributed by atoms with van der Waals surface area (Å²) >= 11 is 0. The maximum Gasteiger partial charge on any atom is 0.316 e. The van der Waals surface area contributed by atoms with Crippen LogP contribution in [0.3, 0.4) is 0 Å². The van der Waals surface area contributed by atoms with Gasteiger partial charge in [-0.15, -0.1) is 0 Å². The molecule has 71 valence electrons. The number of hydrogen-bond donors (Lipinski definition) is 0. The Bertz CT molecular complexity index is 394. The molecular weight excluding hydrogens is 176 g/mol. The molecule has 0 aromatic heterocycles. The van der Waals surface area contributed by atoms with E-state index in [1.807, 2.05) is 0 Å². The van der Waals surface area contributed by atoms with Gasteiger partial charge in [-0.1, -0.05) is 12.2 Å². The molecule has 2 heteroatoms. The lowest BCUT2D eigenvalue weighted by atomic mass is 10.0. The van der Waals surface area contributed by atoms with Crippen molar-refractivity contribution < 1.29 is 9.47 Å². The van der Waals surface area contributed by atoms with E-state index in [4.69, 9.17) is 9.47 Å². The van der Waals surface area contributed by atoms with Crippen LogP contribution in [-0.4, -0.2) is 0 Å². The Morgan fingerprint density at radius 3 is 2.86 bits per heavy atom. The van der Waals surface area contributed by atoms with E-state index in [-0.39, 0.29) is 0 Å². The van der Waals surface area contributed by atoms with Gasteiger partial charge in [0.2, 0.25) is 0 Å². The first-order chi connectivity index (χ1) is 6.93. The standard InChI is InChI=1S/C12H11O2/c1-2-4-9-6-11-12(14-8-13-11)7-10(9)5-3-1/h2,4,6-8H,1,3,5H2. The molecule has 1 aromatic carbocycles. The van der Waals surface area contributed by atoms with Crippen LogP contribution in [0, 0.1) is 6.79 Å². The Labute approximate surface area is 83.1 Å². The van der Waals surface area contributed by atoms with Crippen molar-refractivity contribution in [2.24, 2.45) is 0 Å². The van der Waals surface area contributed by atoms with Gasteiger partial charge in [-0.3, -0.25) is 0 Å². The van der Waals surface area contributed by atoms with Crippen LogP contribution in [-0.2, 0) is 6.42 Å². The molecule has 1 radical (unpaired) electrons. The van der Waals surface area contributed by atoms with Gasteiger partial charge >= 0.3 is 6.79 Å². The second kappa shape index (κ2) is 3.05. The molecule has 0 fully saturated rings. The molecule has 0 N–H and O–H groups in total. The molecule has 2 nitrogen and oxygen atoms in total. The summed E-state index contributed by atoms with van der Waals surface area (Å²) in [7, 11) is 0. The maximum atomic E-state index is 5.23. The van der Waals surface area contributed by atoms with E-state index in [9.17, 15) is 0 Å². The minimum Gasteiger partial charge on any atom is -0.444 e. The zero-order valence-corrected chi connectivity index (χ0v) is 7.82. The van der Waals surface area contributed by atoms with Gasteiger partial charge in [-0.25, -0.2) is 0 Å². The Morgan fingerprint density at radius 2 is 1.93 bits per heavy atom. The van der Waals surface area contributed by atoms with Crippen molar-refractivity contribution in [2.45, 2.75) is 19.3 Å². The van der Waals surface area contributed by atoms with Crippen molar-refractivity contribution in [1.82, 2.24) is 0 Å². The monoisotopic (exact) mass is 187 g/mol. The third-order valence-electron chi connectivity index (χ3n) is 2.67. The highest BCUT2D eigenvalue weighted by atomic mass is 16.7. The van der Waals surface area contributed by atoms with Crippen LogP contribution >= 0.6 is 0 Å². The highest BCUT2D eigenvalue weighted by Crippen LogP contribution is 2.37. The van der Waals surface area contributed by atoms with Crippen LogP contribution in [0.15, 0.2) is 18.2 Å². The molecule has 14 heavy (non-hydrogen) atoms. The fraction of sp³-hybridized carbons (Fsp3) is 0.250. The highest BCUT2D eigenvalue weighted by molar-refractivity contribution is 5.61. The molecule has 0 spiro atoms. The normalized spacial score (nSPS) is 17.7. The smallest absolute Gasteiger partial charge is 0.316 e. The largest absolute Gasteiger partial charge is 0.444 e. The van der Waals surface area contributed by atoms with Gasteiger partial charge in [0, 0.05) is 0 Å². The summed E-state index contributed by atoms with van der Waals surface area (Å²) < 4.78 is 10.5. The Hall–Kier alpha value is -1.44. The fourth-order valence-corrected chi connectivity index (χ4v) is 1.92. The lowest BCUT2D eigenvalue weighted by Gasteiger charge is -2.04. The first kappa shape index (κ1) is 7.92. The molecule has 1 aliphatic heterocycles.